The number of ether oxygens (including phenoxy) is 1. The molecular weight excluding hydrogens is 394 g/mol. The molecule has 4 rings (SSSR count). The van der Waals surface area contributed by atoms with E-state index < -0.39 is 0 Å². The van der Waals surface area contributed by atoms with Gasteiger partial charge in [0.15, 0.2) is 5.82 Å². The van der Waals surface area contributed by atoms with Gasteiger partial charge in [-0.3, -0.25) is 4.79 Å². The van der Waals surface area contributed by atoms with Gasteiger partial charge in [0, 0.05) is 33.1 Å². The Balaban J connectivity index is 1.72. The van der Waals surface area contributed by atoms with Crippen molar-refractivity contribution in [2.75, 3.05) is 32.6 Å². The molecule has 1 amide bonds. The Bertz CT molecular complexity index is 1260. The van der Waals surface area contributed by atoms with Gasteiger partial charge in [0.2, 0.25) is 5.91 Å². The number of amides is 1. The predicted molar refractivity (Wildman–Crippen MR) is 121 cm³/mol. The van der Waals surface area contributed by atoms with Crippen LogP contribution < -0.4 is 5.32 Å². The van der Waals surface area contributed by atoms with Crippen molar-refractivity contribution in [3.05, 3.63) is 48.9 Å². The summed E-state index contributed by atoms with van der Waals surface area (Å²) >= 11 is 0. The van der Waals surface area contributed by atoms with E-state index in [2.05, 4.69) is 26.8 Å². The number of fused-ring (bicyclic) bond motifs is 3. The molecule has 31 heavy (non-hydrogen) atoms. The smallest absolute Gasteiger partial charge is 0.249 e. The molecule has 0 aliphatic heterocycles. The third-order valence-corrected chi connectivity index (χ3v) is 5.08. The summed E-state index contributed by atoms with van der Waals surface area (Å²) in [6.45, 7) is 4.56. The minimum atomic E-state index is -0.109. The van der Waals surface area contributed by atoms with Crippen molar-refractivity contribution < 1.29 is 9.53 Å². The third-order valence-electron chi connectivity index (χ3n) is 5.08. The highest BCUT2D eigenvalue weighted by Gasteiger charge is 2.17. The quantitative estimate of drug-likeness (QED) is 0.426. The molecule has 0 bridgehead atoms. The first kappa shape index (κ1) is 20.5. The predicted octanol–water partition coefficient (Wildman–Crippen LogP) is 2.71. The molecule has 4 heterocycles. The van der Waals surface area contributed by atoms with E-state index in [1.165, 1.54) is 7.11 Å². The number of aryl methyl sites for hydroxylation is 1. The monoisotopic (exact) mass is 419 g/mol. The number of pyridine rings is 2. The molecule has 0 aliphatic rings. The number of nitrogens with one attached hydrogen (secondary N) is 2. The maximum atomic E-state index is 12.3. The van der Waals surface area contributed by atoms with Gasteiger partial charge in [0.25, 0.3) is 0 Å². The largest absolute Gasteiger partial charge is 0.375 e. The van der Waals surface area contributed by atoms with Gasteiger partial charge in [0.1, 0.15) is 17.8 Å². The molecule has 9 nitrogen and oxygen atoms in total. The molecule has 4 aromatic heterocycles. The number of hydrogen-bond donors (Lipinski definition) is 2. The average Bonchev–Trinajstić information content (AvgIpc) is 3.37. The molecule has 160 valence electrons. The van der Waals surface area contributed by atoms with E-state index in [9.17, 15) is 4.79 Å². The second-order valence-electron chi connectivity index (χ2n) is 7.22. The summed E-state index contributed by atoms with van der Waals surface area (Å²) in [5, 5.41) is 4.08. The lowest BCUT2D eigenvalue weighted by Crippen LogP contribution is -2.33. The van der Waals surface area contributed by atoms with Gasteiger partial charge >= 0.3 is 0 Å². The van der Waals surface area contributed by atoms with Crippen LogP contribution in [-0.2, 0) is 23.1 Å². The van der Waals surface area contributed by atoms with Crippen LogP contribution >= 0.6 is 0 Å². The van der Waals surface area contributed by atoms with Crippen LogP contribution in [0.15, 0.2) is 43.2 Å². The van der Waals surface area contributed by atoms with E-state index >= 15 is 0 Å². The number of H-pyrrole nitrogens is 1. The number of aromatic amines is 1. The Morgan fingerprint density at radius 2 is 2.23 bits per heavy atom. The van der Waals surface area contributed by atoms with E-state index in [1.807, 2.05) is 42.9 Å². The topological polar surface area (TPSA) is 101 Å². The first-order valence-corrected chi connectivity index (χ1v) is 9.91. The summed E-state index contributed by atoms with van der Waals surface area (Å²) < 4.78 is 6.96. The zero-order valence-corrected chi connectivity index (χ0v) is 17.8. The molecule has 0 atom stereocenters. The molecule has 0 saturated heterocycles. The summed E-state index contributed by atoms with van der Waals surface area (Å²) in [5.74, 6) is 0.609. The SMILES string of the molecule is C=CCN(Cc1cccc(-c2cc3c(nc(NC)c4ncn(C)c43)[nH]2)n1)C(=O)COC. The fourth-order valence-corrected chi connectivity index (χ4v) is 3.65. The van der Waals surface area contributed by atoms with Crippen molar-refractivity contribution in [1.82, 2.24) is 29.4 Å². The molecule has 0 aromatic carbocycles. The van der Waals surface area contributed by atoms with Gasteiger partial charge in [-0.2, -0.15) is 0 Å². The lowest BCUT2D eigenvalue weighted by atomic mass is 10.2. The van der Waals surface area contributed by atoms with Gasteiger partial charge in [-0.05, 0) is 18.2 Å². The van der Waals surface area contributed by atoms with Crippen LogP contribution in [0.1, 0.15) is 5.69 Å². The Kier molecular flexibility index (Phi) is 5.68. The summed E-state index contributed by atoms with van der Waals surface area (Å²) in [4.78, 5) is 31.2. The summed E-state index contributed by atoms with van der Waals surface area (Å²) in [7, 11) is 5.30. The maximum Gasteiger partial charge on any atom is 0.249 e. The Hall–Kier alpha value is -3.72. The number of hydrogen-bond acceptors (Lipinski definition) is 6. The van der Waals surface area contributed by atoms with Gasteiger partial charge < -0.3 is 24.5 Å². The van der Waals surface area contributed by atoms with Crippen LogP contribution in [0, 0.1) is 0 Å². The maximum absolute atomic E-state index is 12.3. The Morgan fingerprint density at radius 1 is 1.39 bits per heavy atom. The van der Waals surface area contributed by atoms with E-state index in [1.54, 1.807) is 17.3 Å². The number of carbonyl (C=O) groups is 1. The van der Waals surface area contributed by atoms with Gasteiger partial charge in [0.05, 0.1) is 35.5 Å². The molecule has 0 aliphatic carbocycles. The molecule has 0 unspecified atom stereocenters. The van der Waals surface area contributed by atoms with Crippen LogP contribution in [-0.4, -0.2) is 62.6 Å². The fraction of sp³-hybridized carbons (Fsp3) is 0.273. The number of imidazole rings is 1. The summed E-state index contributed by atoms with van der Waals surface area (Å²) in [6.07, 6.45) is 3.47. The Labute approximate surface area is 179 Å². The van der Waals surface area contributed by atoms with Crippen LogP contribution in [0.4, 0.5) is 5.82 Å². The van der Waals surface area contributed by atoms with Crippen molar-refractivity contribution in [3.8, 4) is 11.4 Å². The normalized spacial score (nSPS) is 11.2. The molecule has 0 saturated carbocycles. The number of methoxy groups -OCH3 is 1. The molecule has 0 spiro atoms. The van der Waals surface area contributed by atoms with Gasteiger partial charge in [-0.15, -0.1) is 6.58 Å². The number of anilines is 1. The molecule has 0 radical (unpaired) electrons. The summed E-state index contributed by atoms with van der Waals surface area (Å²) in [6, 6.07) is 7.80. The first-order chi connectivity index (χ1) is 15.0. The second kappa shape index (κ2) is 8.57. The van der Waals surface area contributed by atoms with E-state index in [4.69, 9.17) is 9.72 Å². The highest BCUT2D eigenvalue weighted by molar-refractivity contribution is 6.07. The zero-order chi connectivity index (χ0) is 22.0. The number of rotatable bonds is 8. The van der Waals surface area contributed by atoms with Crippen LogP contribution in [0.3, 0.4) is 0 Å². The van der Waals surface area contributed by atoms with E-state index in [0.29, 0.717) is 13.1 Å². The van der Waals surface area contributed by atoms with Gasteiger partial charge in [-0.25, -0.2) is 15.0 Å². The second-order valence-corrected chi connectivity index (χ2v) is 7.22. The number of carbonyl (C=O) groups excluding carboxylic acids is 1. The molecular formula is C22H25N7O2. The standard InChI is InChI=1S/C22H25N7O2/c1-5-9-29(18(30)12-31-4)11-14-7-6-8-16(25-14)17-10-15-20-19(24-13-28(20)3)22(23-2)27-21(15)26-17/h5-8,10,13H,1,9,11-12H2,2-4H3,(H2,23,26,27). The highest BCUT2D eigenvalue weighted by Crippen LogP contribution is 2.31. The molecule has 2 N–H and O–H groups in total. The van der Waals surface area contributed by atoms with Crippen molar-refractivity contribution in [2.24, 2.45) is 7.05 Å². The van der Waals surface area contributed by atoms with E-state index in [-0.39, 0.29) is 12.5 Å². The van der Waals surface area contributed by atoms with E-state index in [0.717, 1.165) is 45.0 Å². The summed E-state index contributed by atoms with van der Waals surface area (Å²) in [5.41, 5.74) is 4.97. The first-order valence-electron chi connectivity index (χ1n) is 9.91. The van der Waals surface area contributed by atoms with Crippen molar-refractivity contribution in [2.45, 2.75) is 6.54 Å². The van der Waals surface area contributed by atoms with Crippen molar-refractivity contribution in [3.63, 3.8) is 0 Å². The lowest BCUT2D eigenvalue weighted by molar-refractivity contribution is -0.135. The third kappa shape index (κ3) is 3.87. The van der Waals surface area contributed by atoms with Gasteiger partial charge in [-0.1, -0.05) is 12.1 Å². The minimum absolute atomic E-state index is 0.0235. The number of aromatic nitrogens is 5. The molecule has 4 aromatic rings. The van der Waals surface area contributed by atoms with Crippen molar-refractivity contribution >= 4 is 33.8 Å². The number of nitrogens with zero attached hydrogens (tertiary/aromatic N) is 5. The van der Waals surface area contributed by atoms with Crippen molar-refractivity contribution in [1.29, 1.82) is 0 Å². The Morgan fingerprint density at radius 3 is 2.97 bits per heavy atom. The van der Waals surface area contributed by atoms with Crippen LogP contribution in [0.5, 0.6) is 0 Å². The lowest BCUT2D eigenvalue weighted by Gasteiger charge is -2.20. The van der Waals surface area contributed by atoms with Crippen LogP contribution in [0.25, 0.3) is 33.5 Å². The molecule has 0 fully saturated rings. The zero-order valence-electron chi connectivity index (χ0n) is 17.8. The fourth-order valence-electron chi connectivity index (χ4n) is 3.65. The van der Waals surface area contributed by atoms with Crippen LogP contribution in [0.2, 0.25) is 0 Å². The average molecular weight is 419 g/mol. The highest BCUT2D eigenvalue weighted by atomic mass is 16.5. The minimum Gasteiger partial charge on any atom is -0.375 e. The molecule has 9 heteroatoms.